The second-order valence-corrected chi connectivity index (χ2v) is 4.22. The van der Waals surface area contributed by atoms with Crippen LogP contribution in [-0.2, 0) is 11.2 Å². The number of rotatable bonds is 2. The molecule has 20 heavy (non-hydrogen) atoms. The van der Waals surface area contributed by atoms with Gasteiger partial charge < -0.3 is 4.74 Å². The molecule has 0 aromatic heterocycles. The van der Waals surface area contributed by atoms with E-state index in [4.69, 9.17) is 0 Å². The molecule has 3 heteroatoms. The molecule has 102 valence electrons. The van der Waals surface area contributed by atoms with Crippen LogP contribution in [0.1, 0.15) is 45.7 Å². The monoisotopic (exact) mass is 268 g/mol. The number of ether oxygens (including phenoxy) is 1. The number of carbonyl (C=O) groups excluding carboxylic acids is 2. The third kappa shape index (κ3) is 2.77. The maximum Gasteiger partial charge on any atom is 0.346 e. The summed E-state index contributed by atoms with van der Waals surface area (Å²) in [6, 6.07) is 15.2. The van der Waals surface area contributed by atoms with Crippen LogP contribution in [0.15, 0.2) is 48.5 Å². The lowest BCUT2D eigenvalue weighted by Crippen LogP contribution is -1.97. The van der Waals surface area contributed by atoms with Gasteiger partial charge in [0, 0.05) is 0 Å². The predicted molar refractivity (Wildman–Crippen MR) is 76.8 cm³/mol. The van der Waals surface area contributed by atoms with Gasteiger partial charge in [-0.3, -0.25) is 0 Å². The Morgan fingerprint density at radius 3 is 2.15 bits per heavy atom. The summed E-state index contributed by atoms with van der Waals surface area (Å²) in [6.07, 6.45) is 0.732. The van der Waals surface area contributed by atoms with Gasteiger partial charge in [-0.25, -0.2) is 9.59 Å². The molecule has 0 fully saturated rings. The van der Waals surface area contributed by atoms with Crippen LogP contribution in [0.25, 0.3) is 0 Å². The number of esters is 2. The quantitative estimate of drug-likeness (QED) is 0.617. The molecule has 1 aliphatic heterocycles. The highest BCUT2D eigenvalue weighted by Gasteiger charge is 2.29. The van der Waals surface area contributed by atoms with Crippen LogP contribution < -0.4 is 0 Å². The fourth-order valence-electron chi connectivity index (χ4n) is 2.07. The first-order chi connectivity index (χ1) is 9.74. The third-order valence-electron chi connectivity index (χ3n) is 2.96. The maximum atomic E-state index is 11.4. The van der Waals surface area contributed by atoms with E-state index in [9.17, 15) is 9.59 Å². The van der Waals surface area contributed by atoms with Crippen molar-refractivity contribution in [2.24, 2.45) is 0 Å². The van der Waals surface area contributed by atoms with E-state index in [-0.39, 0.29) is 0 Å². The third-order valence-corrected chi connectivity index (χ3v) is 2.96. The van der Waals surface area contributed by atoms with Crippen molar-refractivity contribution in [3.05, 3.63) is 70.8 Å². The van der Waals surface area contributed by atoms with E-state index in [1.54, 1.807) is 12.1 Å². The average molecular weight is 268 g/mol. The van der Waals surface area contributed by atoms with Crippen molar-refractivity contribution in [2.45, 2.75) is 20.3 Å². The van der Waals surface area contributed by atoms with Crippen molar-refractivity contribution >= 4 is 11.9 Å². The van der Waals surface area contributed by atoms with Gasteiger partial charge in [-0.1, -0.05) is 50.2 Å². The highest BCUT2D eigenvalue weighted by molar-refractivity contribution is 6.14. The molecule has 0 unspecified atom stereocenters. The fourth-order valence-corrected chi connectivity index (χ4v) is 2.07. The maximum absolute atomic E-state index is 11.4. The van der Waals surface area contributed by atoms with Crippen molar-refractivity contribution in [2.75, 3.05) is 0 Å². The van der Waals surface area contributed by atoms with Gasteiger partial charge in [0.15, 0.2) is 0 Å². The van der Waals surface area contributed by atoms with Crippen molar-refractivity contribution in [1.82, 2.24) is 0 Å². The van der Waals surface area contributed by atoms with E-state index >= 15 is 0 Å². The largest absolute Gasteiger partial charge is 0.386 e. The van der Waals surface area contributed by atoms with E-state index in [2.05, 4.69) is 4.74 Å². The molecule has 0 bridgehead atoms. The van der Waals surface area contributed by atoms with E-state index in [0.29, 0.717) is 11.1 Å². The first-order valence-corrected chi connectivity index (χ1v) is 6.67. The van der Waals surface area contributed by atoms with Gasteiger partial charge >= 0.3 is 11.9 Å². The fraction of sp³-hybridized carbons (Fsp3) is 0.176. The Morgan fingerprint density at radius 2 is 1.45 bits per heavy atom. The summed E-state index contributed by atoms with van der Waals surface area (Å²) in [5.74, 6) is -1.11. The molecule has 0 radical (unpaired) electrons. The molecule has 0 N–H and O–H groups in total. The second-order valence-electron chi connectivity index (χ2n) is 4.22. The molecule has 3 rings (SSSR count). The minimum absolute atomic E-state index is 0.358. The minimum atomic E-state index is -0.554. The van der Waals surface area contributed by atoms with Crippen molar-refractivity contribution in [1.29, 1.82) is 0 Å². The Kier molecular flexibility index (Phi) is 4.31. The first-order valence-electron chi connectivity index (χ1n) is 6.67. The standard InChI is InChI=1S/C15H10O3.C2H6/c16-14-12-7-6-11(9-13(12)15(17)18-14)8-10-4-2-1-3-5-10;1-2/h1-7,9H,8H2;1-2H3. The predicted octanol–water partition coefficient (Wildman–Crippen LogP) is 3.61. The Bertz CT molecular complexity index is 630. The normalized spacial score (nSPS) is 12.3. The lowest BCUT2D eigenvalue weighted by molar-refractivity contribution is 0.0444. The zero-order chi connectivity index (χ0) is 14.5. The summed E-state index contributed by atoms with van der Waals surface area (Å²) >= 11 is 0. The lowest BCUT2D eigenvalue weighted by atomic mass is 10.0. The molecule has 0 atom stereocenters. The van der Waals surface area contributed by atoms with Gasteiger partial charge in [-0.05, 0) is 29.7 Å². The van der Waals surface area contributed by atoms with E-state index < -0.39 is 11.9 Å². The van der Waals surface area contributed by atoms with Gasteiger partial charge in [0.1, 0.15) is 0 Å². The van der Waals surface area contributed by atoms with Gasteiger partial charge in [0.25, 0.3) is 0 Å². The van der Waals surface area contributed by atoms with Crippen molar-refractivity contribution in [3.63, 3.8) is 0 Å². The average Bonchev–Trinajstić information content (AvgIpc) is 2.77. The molecule has 1 aliphatic rings. The Labute approximate surface area is 118 Å². The summed E-state index contributed by atoms with van der Waals surface area (Å²) in [5.41, 5.74) is 2.88. The molecular formula is C17H16O3. The van der Waals surface area contributed by atoms with Crippen LogP contribution >= 0.6 is 0 Å². The first kappa shape index (κ1) is 14.0. The Hall–Kier alpha value is -2.42. The molecule has 0 spiro atoms. The zero-order valence-corrected chi connectivity index (χ0v) is 11.6. The lowest BCUT2D eigenvalue weighted by Gasteiger charge is -2.02. The van der Waals surface area contributed by atoms with E-state index in [1.165, 1.54) is 0 Å². The van der Waals surface area contributed by atoms with Crippen LogP contribution in [0.5, 0.6) is 0 Å². The number of benzene rings is 2. The molecule has 0 saturated heterocycles. The number of carbonyl (C=O) groups is 2. The summed E-state index contributed by atoms with van der Waals surface area (Å²) in [6.45, 7) is 4.00. The van der Waals surface area contributed by atoms with Crippen LogP contribution in [-0.4, -0.2) is 11.9 Å². The summed E-state index contributed by atoms with van der Waals surface area (Å²) in [7, 11) is 0. The number of cyclic esters (lactones) is 2. The summed E-state index contributed by atoms with van der Waals surface area (Å²) in [4.78, 5) is 22.7. The topological polar surface area (TPSA) is 43.4 Å². The van der Waals surface area contributed by atoms with Gasteiger partial charge in [-0.2, -0.15) is 0 Å². The number of hydrogen-bond acceptors (Lipinski definition) is 3. The molecule has 0 aliphatic carbocycles. The van der Waals surface area contributed by atoms with Crippen molar-refractivity contribution < 1.29 is 14.3 Å². The van der Waals surface area contributed by atoms with E-state index in [0.717, 1.165) is 17.5 Å². The molecule has 2 aromatic rings. The molecule has 0 saturated carbocycles. The molecule has 0 amide bonds. The smallest absolute Gasteiger partial charge is 0.346 e. The summed E-state index contributed by atoms with van der Waals surface area (Å²) in [5, 5.41) is 0. The van der Waals surface area contributed by atoms with Gasteiger partial charge in [0.2, 0.25) is 0 Å². The highest BCUT2D eigenvalue weighted by Crippen LogP contribution is 2.22. The zero-order valence-electron chi connectivity index (χ0n) is 11.6. The Balaban J connectivity index is 0.000000704. The Morgan fingerprint density at radius 1 is 0.800 bits per heavy atom. The van der Waals surface area contributed by atoms with E-state index in [1.807, 2.05) is 50.2 Å². The second kappa shape index (κ2) is 6.15. The molecule has 1 heterocycles. The number of fused-ring (bicyclic) bond motifs is 1. The molecular weight excluding hydrogens is 252 g/mol. The molecule has 3 nitrogen and oxygen atoms in total. The summed E-state index contributed by atoms with van der Waals surface area (Å²) < 4.78 is 4.56. The van der Waals surface area contributed by atoms with Crippen molar-refractivity contribution in [3.8, 4) is 0 Å². The van der Waals surface area contributed by atoms with Gasteiger partial charge in [0.05, 0.1) is 11.1 Å². The van der Waals surface area contributed by atoms with Crippen LogP contribution in [0, 0.1) is 0 Å². The van der Waals surface area contributed by atoms with Crippen LogP contribution in [0.4, 0.5) is 0 Å². The number of hydrogen-bond donors (Lipinski definition) is 0. The molecule has 2 aromatic carbocycles. The SMILES string of the molecule is CC.O=C1OC(=O)c2cc(Cc3ccccc3)ccc21. The van der Waals surface area contributed by atoms with Crippen LogP contribution in [0.2, 0.25) is 0 Å². The highest BCUT2D eigenvalue weighted by atomic mass is 16.6. The van der Waals surface area contributed by atoms with Gasteiger partial charge in [-0.15, -0.1) is 0 Å². The minimum Gasteiger partial charge on any atom is -0.386 e. The van der Waals surface area contributed by atoms with Crippen LogP contribution in [0.3, 0.4) is 0 Å².